The van der Waals surface area contributed by atoms with Crippen LogP contribution in [-0.4, -0.2) is 39.3 Å². The van der Waals surface area contributed by atoms with Crippen LogP contribution in [0.4, 0.5) is 5.69 Å². The third-order valence-electron chi connectivity index (χ3n) is 3.17. The Hall–Kier alpha value is -1.95. The van der Waals surface area contributed by atoms with Crippen molar-refractivity contribution in [3.63, 3.8) is 0 Å². The number of nitrogens with one attached hydrogen (secondary N) is 2. The van der Waals surface area contributed by atoms with Crippen molar-refractivity contribution in [3.8, 4) is 5.69 Å². The quantitative estimate of drug-likeness (QED) is 0.837. The average Bonchev–Trinajstić information content (AvgIpc) is 2.94. The zero-order chi connectivity index (χ0) is 12.2. The van der Waals surface area contributed by atoms with Crippen LogP contribution in [0.1, 0.15) is 12.8 Å². The van der Waals surface area contributed by atoms with Gasteiger partial charge in [-0.3, -0.25) is 0 Å². The standard InChI is InChI=1S/C12H16N6/c1-2-11(15-10-4-6-13-7-5-10)8-12(3-1)18-9-14-16-17-18/h1-3,8-10,13,15H,4-7H2. The molecular formula is C12H16N6. The van der Waals surface area contributed by atoms with Crippen molar-refractivity contribution >= 4 is 5.69 Å². The summed E-state index contributed by atoms with van der Waals surface area (Å²) >= 11 is 0. The zero-order valence-corrected chi connectivity index (χ0v) is 10.1. The minimum Gasteiger partial charge on any atom is -0.382 e. The lowest BCUT2D eigenvalue weighted by Gasteiger charge is -2.24. The summed E-state index contributed by atoms with van der Waals surface area (Å²) in [7, 11) is 0. The average molecular weight is 244 g/mol. The lowest BCUT2D eigenvalue weighted by Crippen LogP contribution is -2.35. The number of aromatic nitrogens is 4. The van der Waals surface area contributed by atoms with Crippen LogP contribution in [-0.2, 0) is 0 Å². The number of piperidine rings is 1. The highest BCUT2D eigenvalue weighted by Crippen LogP contribution is 2.16. The maximum absolute atomic E-state index is 3.89. The smallest absolute Gasteiger partial charge is 0.143 e. The van der Waals surface area contributed by atoms with Crippen LogP contribution in [0.2, 0.25) is 0 Å². The molecule has 0 radical (unpaired) electrons. The van der Waals surface area contributed by atoms with Gasteiger partial charge in [0.1, 0.15) is 6.33 Å². The van der Waals surface area contributed by atoms with E-state index < -0.39 is 0 Å². The summed E-state index contributed by atoms with van der Waals surface area (Å²) in [6.07, 6.45) is 3.92. The summed E-state index contributed by atoms with van der Waals surface area (Å²) in [4.78, 5) is 0. The third kappa shape index (κ3) is 2.48. The maximum atomic E-state index is 3.89. The molecule has 1 aliphatic rings. The van der Waals surface area contributed by atoms with Crippen LogP contribution in [0.25, 0.3) is 5.69 Å². The molecular weight excluding hydrogens is 228 g/mol. The van der Waals surface area contributed by atoms with E-state index in [0.29, 0.717) is 6.04 Å². The molecule has 1 saturated heterocycles. The minimum atomic E-state index is 0.551. The van der Waals surface area contributed by atoms with Gasteiger partial charge in [-0.1, -0.05) is 6.07 Å². The number of tetrazole rings is 1. The molecule has 0 saturated carbocycles. The van der Waals surface area contributed by atoms with Crippen LogP contribution in [0.5, 0.6) is 0 Å². The van der Waals surface area contributed by atoms with Crippen molar-refractivity contribution in [2.24, 2.45) is 0 Å². The highest BCUT2D eigenvalue weighted by molar-refractivity contribution is 5.51. The van der Waals surface area contributed by atoms with E-state index in [1.54, 1.807) is 11.0 Å². The van der Waals surface area contributed by atoms with Gasteiger partial charge >= 0.3 is 0 Å². The molecule has 0 aliphatic carbocycles. The summed E-state index contributed by atoms with van der Waals surface area (Å²) < 4.78 is 1.66. The van der Waals surface area contributed by atoms with Crippen LogP contribution < -0.4 is 10.6 Å². The normalized spacial score (nSPS) is 16.7. The molecule has 1 fully saturated rings. The maximum Gasteiger partial charge on any atom is 0.143 e. The van der Waals surface area contributed by atoms with Gasteiger partial charge in [-0.05, 0) is 54.6 Å². The molecule has 1 aliphatic heterocycles. The van der Waals surface area contributed by atoms with Crippen LogP contribution in [0.15, 0.2) is 30.6 Å². The molecule has 2 N–H and O–H groups in total. The zero-order valence-electron chi connectivity index (χ0n) is 10.1. The molecule has 6 heteroatoms. The van der Waals surface area contributed by atoms with E-state index in [2.05, 4.69) is 38.3 Å². The van der Waals surface area contributed by atoms with Crippen LogP contribution in [0.3, 0.4) is 0 Å². The van der Waals surface area contributed by atoms with Crippen LogP contribution in [0, 0.1) is 0 Å². The number of benzene rings is 1. The van der Waals surface area contributed by atoms with Gasteiger partial charge < -0.3 is 10.6 Å². The first kappa shape index (κ1) is 11.2. The Kier molecular flexibility index (Phi) is 3.18. The number of nitrogens with zero attached hydrogens (tertiary/aromatic N) is 4. The highest BCUT2D eigenvalue weighted by atomic mass is 15.5. The van der Waals surface area contributed by atoms with Crippen molar-refractivity contribution in [2.45, 2.75) is 18.9 Å². The molecule has 94 valence electrons. The van der Waals surface area contributed by atoms with Crippen molar-refractivity contribution in [3.05, 3.63) is 30.6 Å². The molecule has 2 aromatic rings. The van der Waals surface area contributed by atoms with Crippen molar-refractivity contribution in [2.75, 3.05) is 18.4 Å². The summed E-state index contributed by atoms with van der Waals surface area (Å²) in [5.41, 5.74) is 2.09. The summed E-state index contributed by atoms with van der Waals surface area (Å²) in [5, 5.41) is 18.1. The second-order valence-electron chi connectivity index (χ2n) is 4.47. The molecule has 0 bridgehead atoms. The predicted octanol–water partition coefficient (Wildman–Crippen LogP) is 0.826. The fraction of sp³-hybridized carbons (Fsp3) is 0.417. The van der Waals surface area contributed by atoms with Gasteiger partial charge in [0.05, 0.1) is 5.69 Å². The van der Waals surface area contributed by atoms with Gasteiger partial charge in [-0.25, -0.2) is 4.68 Å². The lowest BCUT2D eigenvalue weighted by molar-refractivity contribution is 0.479. The molecule has 0 atom stereocenters. The summed E-state index contributed by atoms with van der Waals surface area (Å²) in [5.74, 6) is 0. The fourth-order valence-electron chi connectivity index (χ4n) is 2.22. The Morgan fingerprint density at radius 1 is 1.28 bits per heavy atom. The summed E-state index contributed by atoms with van der Waals surface area (Å²) in [6.45, 7) is 2.18. The molecule has 0 amide bonds. The second-order valence-corrected chi connectivity index (χ2v) is 4.47. The number of hydrogen-bond acceptors (Lipinski definition) is 5. The number of hydrogen-bond donors (Lipinski definition) is 2. The Morgan fingerprint density at radius 3 is 2.94 bits per heavy atom. The van der Waals surface area contributed by atoms with Crippen molar-refractivity contribution in [1.29, 1.82) is 0 Å². The fourth-order valence-corrected chi connectivity index (χ4v) is 2.22. The second kappa shape index (κ2) is 5.14. The van der Waals surface area contributed by atoms with Gasteiger partial charge in [0.15, 0.2) is 0 Å². The molecule has 0 unspecified atom stereocenters. The van der Waals surface area contributed by atoms with Gasteiger partial charge in [-0.2, -0.15) is 0 Å². The minimum absolute atomic E-state index is 0.551. The van der Waals surface area contributed by atoms with E-state index in [4.69, 9.17) is 0 Å². The molecule has 0 spiro atoms. The van der Waals surface area contributed by atoms with E-state index in [1.165, 1.54) is 0 Å². The van der Waals surface area contributed by atoms with E-state index in [-0.39, 0.29) is 0 Å². The van der Waals surface area contributed by atoms with Crippen LogP contribution >= 0.6 is 0 Å². The first-order chi connectivity index (χ1) is 8.92. The number of anilines is 1. The SMILES string of the molecule is c1cc(NC2CCNCC2)cc(-n2cnnn2)c1. The topological polar surface area (TPSA) is 67.7 Å². The third-order valence-corrected chi connectivity index (χ3v) is 3.17. The Balaban J connectivity index is 1.74. The van der Waals surface area contributed by atoms with E-state index in [0.717, 1.165) is 37.3 Å². The molecule has 1 aromatic heterocycles. The number of rotatable bonds is 3. The largest absolute Gasteiger partial charge is 0.382 e. The van der Waals surface area contributed by atoms with Gasteiger partial charge in [0.2, 0.25) is 0 Å². The highest BCUT2D eigenvalue weighted by Gasteiger charge is 2.12. The molecule has 3 rings (SSSR count). The first-order valence-corrected chi connectivity index (χ1v) is 6.22. The molecule has 2 heterocycles. The van der Waals surface area contributed by atoms with E-state index in [1.807, 2.05) is 12.1 Å². The van der Waals surface area contributed by atoms with Gasteiger partial charge in [0, 0.05) is 11.7 Å². The van der Waals surface area contributed by atoms with Crippen molar-refractivity contribution < 1.29 is 0 Å². The predicted molar refractivity (Wildman–Crippen MR) is 68.7 cm³/mol. The van der Waals surface area contributed by atoms with Gasteiger partial charge in [-0.15, -0.1) is 5.10 Å². The van der Waals surface area contributed by atoms with E-state index >= 15 is 0 Å². The molecule has 18 heavy (non-hydrogen) atoms. The Morgan fingerprint density at radius 2 is 2.17 bits per heavy atom. The lowest BCUT2D eigenvalue weighted by atomic mass is 10.1. The molecule has 6 nitrogen and oxygen atoms in total. The van der Waals surface area contributed by atoms with Gasteiger partial charge in [0.25, 0.3) is 0 Å². The van der Waals surface area contributed by atoms with E-state index in [9.17, 15) is 0 Å². The van der Waals surface area contributed by atoms with Crippen molar-refractivity contribution in [1.82, 2.24) is 25.5 Å². The summed E-state index contributed by atoms with van der Waals surface area (Å²) in [6, 6.07) is 8.70. The first-order valence-electron chi connectivity index (χ1n) is 6.22. The Bertz CT molecular complexity index is 489. The Labute approximate surface area is 105 Å². The molecule has 1 aromatic carbocycles. The monoisotopic (exact) mass is 244 g/mol.